The molecule has 0 radical (unpaired) electrons. The summed E-state index contributed by atoms with van der Waals surface area (Å²) in [4.78, 5) is 24.5. The van der Waals surface area contributed by atoms with E-state index in [0.29, 0.717) is 32.1 Å². The maximum atomic E-state index is 12.9. The Balaban J connectivity index is 1.62. The number of hydrogen-bond acceptors (Lipinski definition) is 5. The number of aliphatic hydroxyl groups is 2. The Labute approximate surface area is 209 Å². The molecule has 3 rings (SSSR count). The summed E-state index contributed by atoms with van der Waals surface area (Å²) in [5.74, 6) is 4.14. The molecule has 0 amide bonds. The number of carboxylic acid groups (broad SMARTS) is 1. The van der Waals surface area contributed by atoms with Gasteiger partial charge in [-0.2, -0.15) is 0 Å². The van der Waals surface area contributed by atoms with Gasteiger partial charge in [0.15, 0.2) is 0 Å². The molecule has 1 fully saturated rings. The Hall–Kier alpha value is -2.17. The second-order valence-corrected chi connectivity index (χ2v) is 10.9. The minimum absolute atomic E-state index is 0.0407. The molecule has 1 aromatic carbocycles. The molecular formula is C27H31ClO5S. The minimum Gasteiger partial charge on any atom is -0.481 e. The Bertz CT molecular complexity index is 1120. The predicted octanol–water partition coefficient (Wildman–Crippen LogP) is 5.26. The number of ketones is 1. The first-order valence-corrected chi connectivity index (χ1v) is 12.7. The number of carbonyl (C=O) groups is 2. The zero-order valence-electron chi connectivity index (χ0n) is 19.5. The largest absolute Gasteiger partial charge is 0.481 e. The van der Waals surface area contributed by atoms with Crippen molar-refractivity contribution >= 4 is 44.8 Å². The zero-order chi connectivity index (χ0) is 24.9. The molecule has 1 aliphatic rings. The van der Waals surface area contributed by atoms with Crippen LogP contribution in [-0.2, 0) is 16.0 Å². The summed E-state index contributed by atoms with van der Waals surface area (Å²) >= 11 is 8.13. The number of hydrogen-bond donors (Lipinski definition) is 3. The molecular weight excluding hydrogens is 472 g/mol. The number of Topliss-reactive ketones (excluding diaryl/α,β-unsaturated/α-hetero) is 1. The first kappa shape index (κ1) is 26.4. The van der Waals surface area contributed by atoms with Crippen molar-refractivity contribution in [3.8, 4) is 11.8 Å². The van der Waals surface area contributed by atoms with Crippen LogP contribution < -0.4 is 0 Å². The average Bonchev–Trinajstić information content (AvgIpc) is 3.20. The Kier molecular flexibility index (Phi) is 8.95. The van der Waals surface area contributed by atoms with Crippen molar-refractivity contribution in [1.82, 2.24) is 0 Å². The van der Waals surface area contributed by atoms with Crippen LogP contribution in [0.3, 0.4) is 0 Å². The van der Waals surface area contributed by atoms with Crippen molar-refractivity contribution in [2.75, 3.05) is 0 Å². The summed E-state index contributed by atoms with van der Waals surface area (Å²) in [5.41, 5.74) is -0.889. The summed E-state index contributed by atoms with van der Waals surface area (Å²) in [5, 5.41) is 31.8. The van der Waals surface area contributed by atoms with Gasteiger partial charge in [0.1, 0.15) is 5.78 Å². The van der Waals surface area contributed by atoms with Crippen LogP contribution >= 0.6 is 22.9 Å². The van der Waals surface area contributed by atoms with Crippen molar-refractivity contribution in [2.24, 2.45) is 17.3 Å². The fourth-order valence-electron chi connectivity index (χ4n) is 4.42. The van der Waals surface area contributed by atoms with Gasteiger partial charge in [0.25, 0.3) is 0 Å². The highest BCUT2D eigenvalue weighted by molar-refractivity contribution is 7.19. The summed E-state index contributed by atoms with van der Waals surface area (Å²) < 4.78 is 1.12. The summed E-state index contributed by atoms with van der Waals surface area (Å²) in [6.07, 6.45) is 4.24. The smallest absolute Gasteiger partial charge is 0.303 e. The van der Waals surface area contributed by atoms with Crippen molar-refractivity contribution < 1.29 is 24.9 Å². The molecule has 0 saturated heterocycles. The fourth-order valence-corrected chi connectivity index (χ4v) is 5.97. The van der Waals surface area contributed by atoms with E-state index in [-0.39, 0.29) is 12.2 Å². The van der Waals surface area contributed by atoms with Crippen LogP contribution in [0.25, 0.3) is 10.1 Å². The molecule has 1 saturated carbocycles. The van der Waals surface area contributed by atoms with Crippen LogP contribution in [-0.4, -0.2) is 39.3 Å². The highest BCUT2D eigenvalue weighted by Gasteiger charge is 2.53. The van der Waals surface area contributed by atoms with E-state index in [9.17, 15) is 19.8 Å². The van der Waals surface area contributed by atoms with E-state index in [1.807, 2.05) is 24.3 Å². The Morgan fingerprint density at radius 1 is 1.29 bits per heavy atom. The van der Waals surface area contributed by atoms with E-state index in [1.54, 1.807) is 37.3 Å². The molecule has 1 aromatic heterocycles. The van der Waals surface area contributed by atoms with Gasteiger partial charge in [-0.25, -0.2) is 0 Å². The van der Waals surface area contributed by atoms with Crippen LogP contribution in [0.4, 0.5) is 0 Å². The van der Waals surface area contributed by atoms with Gasteiger partial charge in [0, 0.05) is 46.1 Å². The minimum atomic E-state index is -0.889. The Morgan fingerprint density at radius 2 is 2.03 bits per heavy atom. The third-order valence-electron chi connectivity index (χ3n) is 6.50. The van der Waals surface area contributed by atoms with Gasteiger partial charge in [0.05, 0.1) is 22.6 Å². The molecule has 2 aromatic rings. The lowest BCUT2D eigenvalue weighted by Crippen LogP contribution is -2.31. The van der Waals surface area contributed by atoms with Crippen LogP contribution in [0.5, 0.6) is 0 Å². The molecule has 0 spiro atoms. The molecule has 1 heterocycles. The molecule has 3 N–H and O–H groups in total. The molecule has 182 valence electrons. The molecule has 4 atom stereocenters. The molecule has 0 aliphatic heterocycles. The topological polar surface area (TPSA) is 94.8 Å². The first-order valence-electron chi connectivity index (χ1n) is 11.5. The number of carboxylic acids is 1. The quantitative estimate of drug-likeness (QED) is 0.247. The van der Waals surface area contributed by atoms with Gasteiger partial charge in [0.2, 0.25) is 0 Å². The van der Waals surface area contributed by atoms with Gasteiger partial charge in [-0.15, -0.1) is 23.2 Å². The number of halogens is 1. The van der Waals surface area contributed by atoms with E-state index < -0.39 is 35.4 Å². The third-order valence-corrected chi connectivity index (χ3v) is 8.28. The highest BCUT2D eigenvalue weighted by Crippen LogP contribution is 2.44. The maximum Gasteiger partial charge on any atom is 0.303 e. The Morgan fingerprint density at radius 3 is 2.74 bits per heavy atom. The number of thiophene rings is 1. The maximum absolute atomic E-state index is 12.9. The van der Waals surface area contributed by atoms with Crippen LogP contribution in [0.1, 0.15) is 50.8 Å². The highest BCUT2D eigenvalue weighted by atomic mass is 35.5. The molecule has 5 nitrogen and oxygen atoms in total. The van der Waals surface area contributed by atoms with Crippen LogP contribution in [0, 0.1) is 29.1 Å². The van der Waals surface area contributed by atoms with E-state index in [1.165, 1.54) is 0 Å². The standard InChI is InChI=1S/C27H31ClO5S/c1-27(2)25(32)18(9-5-3-4-6-12-23(30)31)19(26(27)33)15-13-17(29)14-16-22-24(28)20-10-7-8-11-21(20)34-22/h7-8,10-11,13,15,17-19,26,29,33H,4,6,9,12,14,16H2,1-2H3,(H,30,31)/b15-13-/t17?,18-,19-,26+/m1/s1. The molecule has 7 heteroatoms. The summed E-state index contributed by atoms with van der Waals surface area (Å²) in [7, 11) is 0. The van der Waals surface area contributed by atoms with E-state index >= 15 is 0 Å². The van der Waals surface area contributed by atoms with Gasteiger partial charge in [-0.05, 0) is 25.3 Å². The van der Waals surface area contributed by atoms with Gasteiger partial charge in [-0.3, -0.25) is 9.59 Å². The normalized spacial score (nSPS) is 22.7. The number of benzene rings is 1. The first-order chi connectivity index (χ1) is 16.1. The summed E-state index contributed by atoms with van der Waals surface area (Å²) in [6.45, 7) is 3.47. The van der Waals surface area contributed by atoms with Crippen LogP contribution in [0.15, 0.2) is 36.4 Å². The fraction of sp³-hybridized carbons (Fsp3) is 0.481. The summed E-state index contributed by atoms with van der Waals surface area (Å²) in [6, 6.07) is 7.95. The molecule has 34 heavy (non-hydrogen) atoms. The van der Waals surface area contributed by atoms with Crippen molar-refractivity contribution in [2.45, 2.75) is 64.6 Å². The lowest BCUT2D eigenvalue weighted by Gasteiger charge is -2.22. The third kappa shape index (κ3) is 6.09. The zero-order valence-corrected chi connectivity index (χ0v) is 21.0. The van der Waals surface area contributed by atoms with E-state index in [2.05, 4.69) is 11.8 Å². The second-order valence-electron chi connectivity index (χ2n) is 9.35. The van der Waals surface area contributed by atoms with Crippen molar-refractivity contribution in [3.63, 3.8) is 0 Å². The number of unbranched alkanes of at least 4 members (excludes halogenated alkanes) is 1. The molecule has 0 bridgehead atoms. The molecule has 1 unspecified atom stereocenters. The predicted molar refractivity (Wildman–Crippen MR) is 136 cm³/mol. The molecule has 1 aliphatic carbocycles. The lowest BCUT2D eigenvalue weighted by molar-refractivity contribution is -0.137. The van der Waals surface area contributed by atoms with Crippen molar-refractivity contribution in [3.05, 3.63) is 46.3 Å². The number of aliphatic carboxylic acids is 1. The van der Waals surface area contributed by atoms with Crippen LogP contribution in [0.2, 0.25) is 5.02 Å². The van der Waals surface area contributed by atoms with E-state index in [0.717, 1.165) is 20.0 Å². The average molecular weight is 503 g/mol. The van der Waals surface area contributed by atoms with Gasteiger partial charge in [-0.1, -0.05) is 55.8 Å². The SMILES string of the molecule is CC1(C)C(=O)[C@H](CC#CCCCC(=O)O)[C@@H](/C=C\C(O)CCc2sc3ccccc3c2Cl)[C@@H]1O. The number of aliphatic hydroxyl groups excluding tert-OH is 2. The lowest BCUT2D eigenvalue weighted by atomic mass is 9.86. The number of carbonyl (C=O) groups excluding carboxylic acids is 1. The van der Waals surface area contributed by atoms with E-state index in [4.69, 9.17) is 16.7 Å². The number of fused-ring (bicyclic) bond motifs is 1. The number of rotatable bonds is 9. The second kappa shape index (κ2) is 11.5. The van der Waals surface area contributed by atoms with Gasteiger partial charge < -0.3 is 15.3 Å². The number of aryl methyl sites for hydroxylation is 1. The monoisotopic (exact) mass is 502 g/mol. The van der Waals surface area contributed by atoms with Gasteiger partial charge >= 0.3 is 5.97 Å². The van der Waals surface area contributed by atoms with Crippen molar-refractivity contribution in [1.29, 1.82) is 0 Å².